The molecule has 0 aliphatic heterocycles. The van der Waals surface area contributed by atoms with Gasteiger partial charge in [-0.15, -0.1) is 0 Å². The van der Waals surface area contributed by atoms with E-state index in [9.17, 15) is 14.7 Å². The van der Waals surface area contributed by atoms with E-state index in [4.69, 9.17) is 4.74 Å². The highest BCUT2D eigenvalue weighted by molar-refractivity contribution is 6.14. The van der Waals surface area contributed by atoms with Crippen LogP contribution in [0.3, 0.4) is 0 Å². The highest BCUT2D eigenvalue weighted by Crippen LogP contribution is 2.23. The van der Waals surface area contributed by atoms with Gasteiger partial charge in [-0.2, -0.15) is 0 Å². The minimum absolute atomic E-state index is 0.00863. The lowest BCUT2D eigenvalue weighted by Gasteiger charge is -2.13. The topological polar surface area (TPSA) is 63.6 Å². The zero-order valence-corrected chi connectivity index (χ0v) is 14.4. The maximum absolute atomic E-state index is 12.9. The Bertz CT molecular complexity index is 777. The number of benzene rings is 2. The van der Waals surface area contributed by atoms with Crippen LogP contribution in [0.15, 0.2) is 36.4 Å². The molecule has 1 unspecified atom stereocenters. The number of hydrogen-bond acceptors (Lipinski definition) is 4. The molecule has 0 aromatic heterocycles. The van der Waals surface area contributed by atoms with Gasteiger partial charge in [0.15, 0.2) is 5.78 Å². The summed E-state index contributed by atoms with van der Waals surface area (Å²) in [6, 6.07) is 10.6. The van der Waals surface area contributed by atoms with Crippen LogP contribution in [-0.2, 0) is 4.74 Å². The molecule has 4 nitrogen and oxygen atoms in total. The summed E-state index contributed by atoms with van der Waals surface area (Å²) in [5, 5.41) is 9.30. The normalized spacial score (nSPS) is 11.9. The van der Waals surface area contributed by atoms with Crippen molar-refractivity contribution in [2.45, 2.75) is 26.7 Å². The van der Waals surface area contributed by atoms with Crippen LogP contribution in [0.1, 0.15) is 55.8 Å². The summed E-state index contributed by atoms with van der Waals surface area (Å²) in [7, 11) is 1.30. The zero-order valence-electron chi connectivity index (χ0n) is 14.4. The molecule has 0 saturated carbocycles. The fourth-order valence-electron chi connectivity index (χ4n) is 2.53. The molecule has 0 saturated heterocycles. The van der Waals surface area contributed by atoms with Crippen LogP contribution in [0, 0.1) is 13.8 Å². The van der Waals surface area contributed by atoms with Crippen molar-refractivity contribution in [3.05, 3.63) is 69.8 Å². The Kier molecular flexibility index (Phi) is 5.52. The van der Waals surface area contributed by atoms with Gasteiger partial charge in [-0.05, 0) is 48.7 Å². The minimum atomic E-state index is -0.527. The van der Waals surface area contributed by atoms with E-state index in [1.165, 1.54) is 7.11 Å². The Hall–Kier alpha value is -2.46. The summed E-state index contributed by atoms with van der Waals surface area (Å²) in [4.78, 5) is 25.0. The van der Waals surface area contributed by atoms with Crippen molar-refractivity contribution in [3.8, 4) is 0 Å². The molecule has 0 heterocycles. The lowest BCUT2D eigenvalue weighted by molar-refractivity contribution is 0.0597. The predicted octanol–water partition coefficient (Wildman–Crippen LogP) is 3.42. The zero-order chi connectivity index (χ0) is 17.9. The van der Waals surface area contributed by atoms with Crippen molar-refractivity contribution < 1.29 is 19.4 Å². The average Bonchev–Trinajstić information content (AvgIpc) is 2.61. The smallest absolute Gasteiger partial charge is 0.338 e. The molecular formula is C20H22O4. The maximum Gasteiger partial charge on any atom is 0.338 e. The first-order valence-corrected chi connectivity index (χ1v) is 7.84. The lowest BCUT2D eigenvalue weighted by Crippen LogP contribution is -2.13. The Labute approximate surface area is 142 Å². The summed E-state index contributed by atoms with van der Waals surface area (Å²) >= 11 is 0. The molecule has 1 N–H and O–H groups in total. The molecule has 2 rings (SSSR count). The third-order valence-corrected chi connectivity index (χ3v) is 4.28. The Balaban J connectivity index is 2.54. The predicted molar refractivity (Wildman–Crippen MR) is 92.6 cm³/mol. The molecule has 2 aromatic carbocycles. The number of carbonyl (C=O) groups excluding carboxylic acids is 2. The summed E-state index contributed by atoms with van der Waals surface area (Å²) in [5.41, 5.74) is 3.83. The number of aliphatic hydroxyl groups excluding tert-OH is 1. The number of hydrogen-bond donors (Lipinski definition) is 1. The van der Waals surface area contributed by atoms with Crippen molar-refractivity contribution in [2.75, 3.05) is 13.7 Å². The molecule has 24 heavy (non-hydrogen) atoms. The maximum atomic E-state index is 12.9. The molecule has 0 aliphatic carbocycles. The van der Waals surface area contributed by atoms with Crippen LogP contribution >= 0.6 is 0 Å². The third-order valence-electron chi connectivity index (χ3n) is 4.28. The van der Waals surface area contributed by atoms with E-state index in [-0.39, 0.29) is 23.9 Å². The van der Waals surface area contributed by atoms with Gasteiger partial charge >= 0.3 is 5.97 Å². The Morgan fingerprint density at radius 3 is 2.29 bits per heavy atom. The van der Waals surface area contributed by atoms with E-state index in [2.05, 4.69) is 0 Å². The number of aryl methyl sites for hydroxylation is 2. The van der Waals surface area contributed by atoms with Crippen molar-refractivity contribution in [1.29, 1.82) is 0 Å². The molecule has 0 fully saturated rings. The summed E-state index contributed by atoms with van der Waals surface area (Å²) in [6.07, 6.45) is 0. The Morgan fingerprint density at radius 1 is 1.08 bits per heavy atom. The van der Waals surface area contributed by atoms with Gasteiger partial charge in [0, 0.05) is 23.7 Å². The molecule has 0 amide bonds. The van der Waals surface area contributed by atoms with E-state index < -0.39 is 5.97 Å². The second-order valence-corrected chi connectivity index (χ2v) is 6.01. The highest BCUT2D eigenvalue weighted by Gasteiger charge is 2.21. The number of esters is 1. The van der Waals surface area contributed by atoms with Gasteiger partial charge in [-0.3, -0.25) is 4.79 Å². The lowest BCUT2D eigenvalue weighted by atomic mass is 9.92. The number of carbonyl (C=O) groups is 2. The van der Waals surface area contributed by atoms with Crippen LogP contribution in [0.5, 0.6) is 0 Å². The fourth-order valence-corrected chi connectivity index (χ4v) is 2.53. The monoisotopic (exact) mass is 326 g/mol. The third kappa shape index (κ3) is 3.54. The molecule has 126 valence electrons. The molecule has 0 spiro atoms. The summed E-state index contributed by atoms with van der Waals surface area (Å²) in [5.74, 6) is -0.815. The fraction of sp³-hybridized carbons (Fsp3) is 0.300. The van der Waals surface area contributed by atoms with Gasteiger partial charge in [0.05, 0.1) is 12.7 Å². The number of methoxy groups -OCH3 is 1. The van der Waals surface area contributed by atoms with Gasteiger partial charge in [0.2, 0.25) is 0 Å². The Morgan fingerprint density at radius 2 is 1.71 bits per heavy atom. The van der Waals surface area contributed by atoms with E-state index >= 15 is 0 Å². The number of aliphatic hydroxyl groups is 1. The molecule has 0 aliphatic rings. The SMILES string of the molecule is COC(=O)c1cc(C)c(C)cc1C(=O)c1cccc(C(C)CO)c1. The molecule has 0 radical (unpaired) electrons. The van der Waals surface area contributed by atoms with Crippen molar-refractivity contribution in [3.63, 3.8) is 0 Å². The first kappa shape index (κ1) is 17.9. The highest BCUT2D eigenvalue weighted by atomic mass is 16.5. The number of ketones is 1. The first-order chi connectivity index (χ1) is 11.4. The van der Waals surface area contributed by atoms with E-state index in [0.717, 1.165) is 16.7 Å². The van der Waals surface area contributed by atoms with Crippen LogP contribution in [-0.4, -0.2) is 30.6 Å². The number of rotatable bonds is 5. The van der Waals surface area contributed by atoms with Crippen LogP contribution < -0.4 is 0 Å². The summed E-state index contributed by atoms with van der Waals surface area (Å²) in [6.45, 7) is 5.69. The van der Waals surface area contributed by atoms with Gasteiger partial charge in [-0.25, -0.2) is 4.79 Å². The minimum Gasteiger partial charge on any atom is -0.465 e. The van der Waals surface area contributed by atoms with Crippen LogP contribution in [0.2, 0.25) is 0 Å². The largest absolute Gasteiger partial charge is 0.465 e. The summed E-state index contributed by atoms with van der Waals surface area (Å²) < 4.78 is 4.81. The van der Waals surface area contributed by atoms with Gasteiger partial charge in [0.25, 0.3) is 0 Å². The van der Waals surface area contributed by atoms with Crippen molar-refractivity contribution in [1.82, 2.24) is 0 Å². The molecule has 0 bridgehead atoms. The van der Waals surface area contributed by atoms with E-state index in [0.29, 0.717) is 11.1 Å². The van der Waals surface area contributed by atoms with Gasteiger partial charge in [-0.1, -0.05) is 25.1 Å². The standard InChI is InChI=1S/C20H22O4/c1-12-8-17(18(9-13(12)2)20(23)24-4)19(22)16-7-5-6-15(10-16)14(3)11-21/h5-10,14,21H,11H2,1-4H3. The molecule has 1 atom stereocenters. The number of ether oxygens (including phenoxy) is 1. The average molecular weight is 326 g/mol. The van der Waals surface area contributed by atoms with Crippen molar-refractivity contribution in [2.24, 2.45) is 0 Å². The molecule has 2 aromatic rings. The van der Waals surface area contributed by atoms with E-state index in [1.54, 1.807) is 30.3 Å². The van der Waals surface area contributed by atoms with Crippen molar-refractivity contribution >= 4 is 11.8 Å². The van der Waals surface area contributed by atoms with E-state index in [1.807, 2.05) is 26.8 Å². The van der Waals surface area contributed by atoms with Crippen LogP contribution in [0.25, 0.3) is 0 Å². The molecule has 4 heteroatoms. The first-order valence-electron chi connectivity index (χ1n) is 7.84. The van der Waals surface area contributed by atoms with Gasteiger partial charge < -0.3 is 9.84 Å². The second kappa shape index (κ2) is 7.41. The van der Waals surface area contributed by atoms with Gasteiger partial charge in [0.1, 0.15) is 0 Å². The second-order valence-electron chi connectivity index (χ2n) is 6.01. The quantitative estimate of drug-likeness (QED) is 0.675. The molecular weight excluding hydrogens is 304 g/mol. The van der Waals surface area contributed by atoms with Crippen LogP contribution in [0.4, 0.5) is 0 Å².